The van der Waals surface area contributed by atoms with Gasteiger partial charge in [0.15, 0.2) is 6.23 Å². The molecule has 0 unspecified atom stereocenters. The van der Waals surface area contributed by atoms with Gasteiger partial charge in [0.2, 0.25) is 35.4 Å². The Kier molecular flexibility index (Phi) is 18.8. The standard InChI is InChI=1S/C59H67N7O16/c1-29-27-66-48(49(29)72)57(80)64-55(78)44(71)26-42(60-52(75)39-19-17-37(18-20-39)36-15-13-35(14-16-36)34-11-9-33(10-12-34)32-7-5-4-6-8-32)53(76)61-45(30(2)67)58(81)65-28-41(70)25-43(65)54(77)63-47(56(79)62-46(31(3)68)59(66)82)51(74)50(73)38-21-23-40(69)24-22-38/h4-24,29-31,41-51,55,67-74,78H,25-28H2,1-3H3,(H,60,75)(H,61,76)(H,62,79)(H,63,77)(H,64,80)/t29-,30+,31+,41+,42-,43-,44+,45-,46-,47-,48-,49-,50-,51-,55-/m0/s1. The molecular weight excluding hydrogens is 1060 g/mol. The fraction of sp³-hybridized carbons (Fsp3) is 0.373. The third kappa shape index (κ3) is 13.4. The van der Waals surface area contributed by atoms with Crippen LogP contribution in [-0.2, 0) is 28.8 Å². The Labute approximate surface area is 471 Å². The lowest BCUT2D eigenvalue weighted by Crippen LogP contribution is -2.64. The molecule has 3 aliphatic heterocycles. The van der Waals surface area contributed by atoms with Crippen LogP contribution < -0.4 is 26.6 Å². The number of hydrogen-bond donors (Lipinski definition) is 14. The fourth-order valence-corrected chi connectivity index (χ4v) is 10.4. The second-order valence-corrected chi connectivity index (χ2v) is 21.1. The molecule has 23 heteroatoms. The summed E-state index contributed by atoms with van der Waals surface area (Å²) in [6.45, 7) is 2.70. The van der Waals surface area contributed by atoms with Crippen LogP contribution in [0.5, 0.6) is 5.75 Å². The highest BCUT2D eigenvalue weighted by molar-refractivity contribution is 6.00. The van der Waals surface area contributed by atoms with Gasteiger partial charge in [-0.3, -0.25) is 33.6 Å². The van der Waals surface area contributed by atoms with Crippen LogP contribution in [0.1, 0.15) is 55.6 Å². The van der Waals surface area contributed by atoms with Gasteiger partial charge in [0, 0.05) is 37.4 Å². The molecule has 5 aromatic carbocycles. The van der Waals surface area contributed by atoms with E-state index in [4.69, 9.17) is 0 Å². The first-order valence-electron chi connectivity index (χ1n) is 26.7. The lowest BCUT2D eigenvalue weighted by atomic mass is 9.96. The number of nitrogens with one attached hydrogen (secondary N) is 5. The predicted molar refractivity (Wildman–Crippen MR) is 294 cm³/mol. The van der Waals surface area contributed by atoms with Gasteiger partial charge in [0.05, 0.1) is 24.4 Å². The van der Waals surface area contributed by atoms with Crippen molar-refractivity contribution >= 4 is 41.4 Å². The second kappa shape index (κ2) is 25.8. The molecule has 8 rings (SSSR count). The number of hydrogen-bond acceptors (Lipinski definition) is 16. The van der Waals surface area contributed by atoms with Gasteiger partial charge >= 0.3 is 0 Å². The van der Waals surface area contributed by atoms with Crippen LogP contribution in [-0.4, -0.2) is 189 Å². The minimum Gasteiger partial charge on any atom is -0.508 e. The molecule has 0 aliphatic carbocycles. The molecule has 0 radical (unpaired) electrons. The molecule has 3 heterocycles. The molecule has 7 amide bonds. The Morgan fingerprint density at radius 1 is 0.549 bits per heavy atom. The quantitative estimate of drug-likeness (QED) is 0.0812. The van der Waals surface area contributed by atoms with Gasteiger partial charge in [-0.1, -0.05) is 110 Å². The molecule has 23 nitrogen and oxygen atoms in total. The summed E-state index contributed by atoms with van der Waals surface area (Å²) >= 11 is 0. The molecule has 3 aliphatic rings. The summed E-state index contributed by atoms with van der Waals surface area (Å²) in [6.07, 6.45) is -16.8. The lowest BCUT2D eigenvalue weighted by molar-refractivity contribution is -0.148. The average molecular weight is 1130 g/mol. The highest BCUT2D eigenvalue weighted by Gasteiger charge is 2.50. The number of carbonyl (C=O) groups excluding carboxylic acids is 7. The Hall–Kier alpha value is -8.13. The normalized spacial score (nSPS) is 27.5. The Morgan fingerprint density at radius 2 is 1.02 bits per heavy atom. The van der Waals surface area contributed by atoms with E-state index in [1.165, 1.54) is 31.2 Å². The van der Waals surface area contributed by atoms with E-state index in [-0.39, 0.29) is 23.4 Å². The van der Waals surface area contributed by atoms with Gasteiger partial charge < -0.3 is 82.3 Å². The van der Waals surface area contributed by atoms with E-state index in [2.05, 4.69) is 26.6 Å². The molecule has 3 fully saturated rings. The number of nitrogens with zero attached hydrogens (tertiary/aromatic N) is 2. The maximum Gasteiger partial charge on any atom is 0.251 e. The van der Waals surface area contributed by atoms with E-state index >= 15 is 0 Å². The van der Waals surface area contributed by atoms with Crippen LogP contribution in [0.4, 0.5) is 0 Å². The number of phenols is 1. The zero-order chi connectivity index (χ0) is 59.3. The third-order valence-corrected chi connectivity index (χ3v) is 15.2. The highest BCUT2D eigenvalue weighted by atomic mass is 16.3. The molecule has 0 aromatic heterocycles. The summed E-state index contributed by atoms with van der Waals surface area (Å²) in [7, 11) is 0. The van der Waals surface area contributed by atoms with Gasteiger partial charge in [-0.25, -0.2) is 0 Å². The van der Waals surface area contributed by atoms with Crippen LogP contribution >= 0.6 is 0 Å². The fourth-order valence-electron chi connectivity index (χ4n) is 10.4. The summed E-state index contributed by atoms with van der Waals surface area (Å²) in [5.41, 5.74) is 5.59. The zero-order valence-electron chi connectivity index (χ0n) is 44.9. The minimum atomic E-state index is -2.29. The highest BCUT2D eigenvalue weighted by Crippen LogP contribution is 2.30. The number of carbonyl (C=O) groups is 7. The van der Waals surface area contributed by atoms with Crippen molar-refractivity contribution < 1.29 is 79.5 Å². The van der Waals surface area contributed by atoms with Gasteiger partial charge in [-0.15, -0.1) is 0 Å². The summed E-state index contributed by atoms with van der Waals surface area (Å²) in [5.74, 6) is -9.45. The lowest BCUT2D eigenvalue weighted by Gasteiger charge is -2.34. The molecule has 3 saturated heterocycles. The van der Waals surface area contributed by atoms with Crippen LogP contribution in [0, 0.1) is 5.92 Å². The Morgan fingerprint density at radius 3 is 1.55 bits per heavy atom. The summed E-state index contributed by atoms with van der Waals surface area (Å²) in [4.78, 5) is 102. The first-order chi connectivity index (χ1) is 39.0. The van der Waals surface area contributed by atoms with E-state index in [1.54, 1.807) is 12.1 Å². The van der Waals surface area contributed by atoms with Gasteiger partial charge in [0.1, 0.15) is 60.3 Å². The topological polar surface area (TPSA) is 368 Å². The van der Waals surface area contributed by atoms with Crippen LogP contribution in [0.15, 0.2) is 127 Å². The number of phenolic OH excluding ortho intramolecular Hbond substituents is 1. The molecule has 0 saturated carbocycles. The van der Waals surface area contributed by atoms with Gasteiger partial charge in [-0.2, -0.15) is 0 Å². The van der Waals surface area contributed by atoms with Crippen molar-refractivity contribution in [3.63, 3.8) is 0 Å². The van der Waals surface area contributed by atoms with Crippen molar-refractivity contribution in [1.82, 2.24) is 36.4 Å². The Balaban J connectivity index is 1.08. The van der Waals surface area contributed by atoms with Crippen molar-refractivity contribution in [2.75, 3.05) is 13.1 Å². The molecule has 82 heavy (non-hydrogen) atoms. The van der Waals surface area contributed by atoms with Gasteiger partial charge in [-0.05, 0) is 77.1 Å². The summed E-state index contributed by atoms with van der Waals surface area (Å²) in [5, 5.41) is 111. The molecule has 0 bridgehead atoms. The minimum absolute atomic E-state index is 0.0111. The van der Waals surface area contributed by atoms with Crippen LogP contribution in [0.3, 0.4) is 0 Å². The number of benzene rings is 5. The van der Waals surface area contributed by atoms with Crippen molar-refractivity contribution in [1.29, 1.82) is 0 Å². The first kappa shape index (κ1) is 60.0. The molecule has 15 atom stereocenters. The van der Waals surface area contributed by atoms with Gasteiger partial charge in [0.25, 0.3) is 5.91 Å². The van der Waals surface area contributed by atoms with Crippen LogP contribution in [0.25, 0.3) is 33.4 Å². The van der Waals surface area contributed by atoms with Crippen LogP contribution in [0.2, 0.25) is 0 Å². The maximum absolute atomic E-state index is 14.5. The van der Waals surface area contributed by atoms with E-state index in [9.17, 15) is 79.5 Å². The van der Waals surface area contributed by atoms with E-state index in [0.717, 1.165) is 69.2 Å². The van der Waals surface area contributed by atoms with Crippen molar-refractivity contribution in [2.24, 2.45) is 5.92 Å². The van der Waals surface area contributed by atoms with Crippen molar-refractivity contribution in [2.45, 2.75) is 119 Å². The van der Waals surface area contributed by atoms with E-state index in [0.29, 0.717) is 0 Å². The maximum atomic E-state index is 14.5. The number of fused-ring (bicyclic) bond motifs is 2. The molecule has 5 aromatic rings. The molecule has 434 valence electrons. The first-order valence-corrected chi connectivity index (χ1v) is 26.7. The van der Waals surface area contributed by atoms with Crippen molar-refractivity contribution in [3.8, 4) is 39.1 Å². The Bertz CT molecular complexity index is 3100. The zero-order valence-corrected chi connectivity index (χ0v) is 44.9. The number of amides is 7. The summed E-state index contributed by atoms with van der Waals surface area (Å²) in [6, 6.07) is 25.2. The second-order valence-electron chi connectivity index (χ2n) is 21.1. The number of aromatic hydroxyl groups is 1. The number of aliphatic hydroxyl groups excluding tert-OH is 8. The molecule has 14 N–H and O–H groups in total. The molecular formula is C59H67N7O16. The number of aliphatic hydroxyl groups is 8. The average Bonchev–Trinajstić information content (AvgIpc) is 4.03. The van der Waals surface area contributed by atoms with E-state index < -0.39 is 152 Å². The third-order valence-electron chi connectivity index (χ3n) is 15.2. The SMILES string of the molecule is C[C@@H](O)[C@@H]1NC(=O)[C@H]([C@H](O)[C@@H](O)c2ccc(O)cc2)NC(=O)[C@@H]2C[C@@H](O)CN2C(=O)[C@H]([C@@H](C)O)NC(=O)[C@@H](NC(=O)c2ccc(-c3ccc(-c4ccc(-c5ccccc5)cc4)cc3)cc2)C[C@@H](O)[C@H](O)NC(=O)[C@@H]2[C@@H](O)[C@@H](C)CN2C1=O. The smallest absolute Gasteiger partial charge is 0.251 e. The molecule has 0 spiro atoms. The number of rotatable bonds is 10. The van der Waals surface area contributed by atoms with Crippen molar-refractivity contribution in [3.05, 3.63) is 139 Å². The van der Waals surface area contributed by atoms with E-state index in [1.807, 2.05) is 78.9 Å². The predicted octanol–water partition coefficient (Wildman–Crippen LogP) is -0.829. The largest absolute Gasteiger partial charge is 0.508 e. The monoisotopic (exact) mass is 1130 g/mol. The summed E-state index contributed by atoms with van der Waals surface area (Å²) < 4.78 is 0.